The molecule has 0 heterocycles. The number of hydrogen-bond acceptors (Lipinski definition) is 8. The van der Waals surface area contributed by atoms with Gasteiger partial charge in [0.2, 0.25) is 0 Å². The molecule has 0 spiro atoms. The van der Waals surface area contributed by atoms with E-state index in [4.69, 9.17) is 5.11 Å². The summed E-state index contributed by atoms with van der Waals surface area (Å²) in [5.41, 5.74) is -3.05. The van der Waals surface area contributed by atoms with Crippen molar-refractivity contribution in [3.63, 3.8) is 0 Å². The molecule has 0 aliphatic carbocycles. The van der Waals surface area contributed by atoms with Crippen LogP contribution in [0.1, 0.15) is 12.8 Å². The summed E-state index contributed by atoms with van der Waals surface area (Å²) in [5.74, 6) is -6.32. The summed E-state index contributed by atoms with van der Waals surface area (Å²) >= 11 is 0. The Kier molecular flexibility index (Phi) is 18.3. The van der Waals surface area contributed by atoms with Crippen molar-refractivity contribution in [2.24, 2.45) is 0 Å². The van der Waals surface area contributed by atoms with Gasteiger partial charge in [0.15, 0.2) is 5.60 Å². The molecule has 0 aromatic heterocycles. The van der Waals surface area contributed by atoms with E-state index in [0.29, 0.717) is 0 Å². The van der Waals surface area contributed by atoms with Crippen molar-refractivity contribution >= 4 is 24.1 Å². The molecule has 0 unspecified atom stereocenters. The third kappa shape index (κ3) is 11.1. The zero-order valence-corrected chi connectivity index (χ0v) is 16.6. The molecular weight excluding hydrogens is 297 g/mol. The smallest absolute Gasteiger partial charge is 0.550 e. The van der Waals surface area contributed by atoms with Gasteiger partial charge in [0.1, 0.15) is 0 Å². The Morgan fingerprint density at radius 1 is 0.895 bits per heavy atom. The van der Waals surface area contributed by atoms with Crippen LogP contribution in [-0.2, 0) is 19.1 Å². The van der Waals surface area contributed by atoms with Crippen LogP contribution in [0.15, 0.2) is 0 Å². The van der Waals surface area contributed by atoms with Crippen LogP contribution in [0.25, 0.3) is 0 Å². The zero-order chi connectivity index (χ0) is 12.9. The molecule has 0 aromatic rings. The average Bonchev–Trinajstić information content (AvgIpc) is 1.98. The quantitative estimate of drug-likeness (QED) is 0.370. The normalized spacial score (nSPS) is 8.84. The van der Waals surface area contributed by atoms with E-state index in [2.05, 4.69) is 4.74 Å². The molecule has 0 saturated heterocycles. The van der Waals surface area contributed by atoms with E-state index in [-0.39, 0.29) is 88.7 Å². The molecule has 1 N–H and O–H groups in total. The largest absolute Gasteiger partial charge is 1.00 e. The van der Waals surface area contributed by atoms with Gasteiger partial charge in [-0.3, -0.25) is 0 Å². The number of hydrogen-bond donors (Lipinski definition) is 1. The molecule has 90 valence electrons. The van der Waals surface area contributed by atoms with Crippen molar-refractivity contribution in [3.05, 3.63) is 0 Å². The van der Waals surface area contributed by atoms with Crippen LogP contribution in [0, 0.1) is 0 Å². The first-order valence-electron chi connectivity index (χ1n) is 3.72. The van der Waals surface area contributed by atoms with Gasteiger partial charge >= 0.3 is 94.8 Å². The first kappa shape index (κ1) is 27.9. The summed E-state index contributed by atoms with van der Waals surface area (Å²) in [6.45, 7) is 0. The molecule has 0 rings (SSSR count). The van der Waals surface area contributed by atoms with Crippen molar-refractivity contribution in [2.75, 3.05) is 0 Å². The SMILES string of the molecule is O=C([O-])CC(CC(=O)[O-])(OC(=O)O)C(=O)[O-].[Na+].[Na+].[Na+]. The van der Waals surface area contributed by atoms with Crippen molar-refractivity contribution in [3.8, 4) is 0 Å². The summed E-state index contributed by atoms with van der Waals surface area (Å²) in [7, 11) is 0. The number of ether oxygens (including phenoxy) is 1. The van der Waals surface area contributed by atoms with E-state index in [1.54, 1.807) is 0 Å². The van der Waals surface area contributed by atoms with Gasteiger partial charge in [0, 0.05) is 24.8 Å². The van der Waals surface area contributed by atoms with Gasteiger partial charge in [-0.05, 0) is 0 Å². The molecule has 19 heavy (non-hydrogen) atoms. The van der Waals surface area contributed by atoms with Crippen molar-refractivity contribution in [1.29, 1.82) is 0 Å². The molecule has 0 bridgehead atoms. The third-order valence-corrected chi connectivity index (χ3v) is 1.51. The predicted molar refractivity (Wildman–Crippen MR) is 36.1 cm³/mol. The second-order valence-electron chi connectivity index (χ2n) is 2.75. The van der Waals surface area contributed by atoms with Gasteiger partial charge in [0.05, 0.1) is 5.97 Å². The molecule has 0 aliphatic heterocycles. The summed E-state index contributed by atoms with van der Waals surface area (Å²) in [5, 5.41) is 39.1. The van der Waals surface area contributed by atoms with E-state index in [1.165, 1.54) is 0 Å². The van der Waals surface area contributed by atoms with Gasteiger partial charge in [-0.2, -0.15) is 0 Å². The summed E-state index contributed by atoms with van der Waals surface area (Å²) in [6, 6.07) is 0. The Labute approximate surface area is 173 Å². The van der Waals surface area contributed by atoms with E-state index >= 15 is 0 Å². The minimum atomic E-state index is -3.05. The summed E-state index contributed by atoms with van der Waals surface area (Å²) in [4.78, 5) is 41.1. The number of rotatable bonds is 6. The fourth-order valence-corrected chi connectivity index (χ4v) is 0.954. The monoisotopic (exact) mass is 302 g/mol. The predicted octanol–water partition coefficient (Wildman–Crippen LogP) is -13.5. The number of carboxylic acids is 3. The van der Waals surface area contributed by atoms with Crippen LogP contribution in [0.5, 0.6) is 0 Å². The van der Waals surface area contributed by atoms with Gasteiger partial charge in [0.25, 0.3) is 0 Å². The number of carbonyl (C=O) groups is 4. The first-order chi connectivity index (χ1) is 7.19. The molecular formula is C7H5Na3O9. The maximum Gasteiger partial charge on any atom is 1.00 e. The maximum absolute atomic E-state index is 10.5. The summed E-state index contributed by atoms with van der Waals surface area (Å²) < 4.78 is 3.73. The number of aliphatic carboxylic acids is 3. The maximum atomic E-state index is 10.5. The second-order valence-corrected chi connectivity index (χ2v) is 2.75. The van der Waals surface area contributed by atoms with Crippen LogP contribution < -0.4 is 104 Å². The molecule has 12 heteroatoms. The minimum Gasteiger partial charge on any atom is -0.550 e. The van der Waals surface area contributed by atoms with Gasteiger partial charge in [-0.25, -0.2) is 4.79 Å². The minimum absolute atomic E-state index is 0. The van der Waals surface area contributed by atoms with E-state index in [1.807, 2.05) is 0 Å². The fraction of sp³-hybridized carbons (Fsp3) is 0.429. The molecule has 0 radical (unpaired) electrons. The molecule has 0 fully saturated rings. The number of carboxylic acid groups (broad SMARTS) is 4. The standard InChI is InChI=1S/C7H8O9.3Na/c8-3(9)1-7(5(12)13,2-4(10)11)16-6(14)15;;;/h1-2H2,(H,8,9)(H,10,11)(H,12,13)(H,14,15);;;/q;3*+1/p-3. The van der Waals surface area contributed by atoms with Crippen LogP contribution >= 0.6 is 0 Å². The Morgan fingerprint density at radius 2 is 1.21 bits per heavy atom. The zero-order valence-electron chi connectivity index (χ0n) is 10.6. The Morgan fingerprint density at radius 3 is 1.37 bits per heavy atom. The van der Waals surface area contributed by atoms with Crippen LogP contribution in [0.2, 0.25) is 0 Å². The molecule has 9 nitrogen and oxygen atoms in total. The van der Waals surface area contributed by atoms with Crippen molar-refractivity contribution < 1.29 is 133 Å². The third-order valence-electron chi connectivity index (χ3n) is 1.51. The van der Waals surface area contributed by atoms with Gasteiger partial charge in [-0.1, -0.05) is 0 Å². The number of carbonyl (C=O) groups excluding carboxylic acids is 3. The Balaban J connectivity index is -0.000000375. The molecule has 0 aromatic carbocycles. The second kappa shape index (κ2) is 12.4. The van der Waals surface area contributed by atoms with E-state index in [9.17, 15) is 34.5 Å². The molecule has 0 atom stereocenters. The average molecular weight is 302 g/mol. The Hall–Kier alpha value is 0.680. The van der Waals surface area contributed by atoms with Crippen LogP contribution in [0.4, 0.5) is 4.79 Å². The first-order valence-corrected chi connectivity index (χ1v) is 3.72. The van der Waals surface area contributed by atoms with Crippen LogP contribution in [0.3, 0.4) is 0 Å². The fourth-order valence-electron chi connectivity index (χ4n) is 0.954. The van der Waals surface area contributed by atoms with Gasteiger partial charge < -0.3 is 39.5 Å². The molecule has 0 saturated carbocycles. The van der Waals surface area contributed by atoms with Gasteiger partial charge in [-0.15, -0.1) is 0 Å². The van der Waals surface area contributed by atoms with Crippen molar-refractivity contribution in [2.45, 2.75) is 18.4 Å². The summed E-state index contributed by atoms with van der Waals surface area (Å²) in [6.07, 6.45) is -5.14. The van der Waals surface area contributed by atoms with Crippen molar-refractivity contribution in [1.82, 2.24) is 0 Å². The Bertz CT molecular complexity index is 302. The van der Waals surface area contributed by atoms with Crippen LogP contribution in [-0.4, -0.2) is 34.8 Å². The van der Waals surface area contributed by atoms with E-state index in [0.717, 1.165) is 0 Å². The molecule has 0 aliphatic rings. The van der Waals surface area contributed by atoms with E-state index < -0.39 is 42.5 Å². The molecule has 0 amide bonds. The topological polar surface area (TPSA) is 167 Å².